The number of phosphoric acid groups is 3. The van der Waals surface area contributed by atoms with Crippen molar-refractivity contribution in [2.75, 3.05) is 12.3 Å². The molecule has 17 nitrogen and oxygen atoms in total. The van der Waals surface area contributed by atoms with E-state index in [1.54, 1.807) is 0 Å². The highest BCUT2D eigenvalue weighted by atomic mass is 31.3. The van der Waals surface area contributed by atoms with E-state index in [9.17, 15) is 33.6 Å². The quantitative estimate of drug-likeness (QED) is 0.195. The van der Waals surface area contributed by atoms with Crippen LogP contribution < -0.4 is 11.4 Å². The van der Waals surface area contributed by atoms with Crippen molar-refractivity contribution < 1.29 is 61.4 Å². The number of hydrogen-bond acceptors (Lipinski definition) is 12. The van der Waals surface area contributed by atoms with E-state index >= 15 is 0 Å². The van der Waals surface area contributed by atoms with Crippen LogP contribution in [0.15, 0.2) is 17.1 Å². The van der Waals surface area contributed by atoms with Crippen LogP contribution in [0, 0.1) is 0 Å². The third kappa shape index (κ3) is 6.24. The number of anilines is 1. The zero-order valence-corrected chi connectivity index (χ0v) is 17.5. The second-order valence-corrected chi connectivity index (χ2v) is 10.6. The number of ether oxygens (including phenoxy) is 1. The maximum atomic E-state index is 11.9. The summed E-state index contributed by atoms with van der Waals surface area (Å²) in [6.45, 7) is 0.0455. The molecule has 0 amide bonds. The molecule has 1 aromatic heterocycles. The number of aromatic nitrogens is 2. The van der Waals surface area contributed by atoms with Crippen LogP contribution >= 0.6 is 23.5 Å². The molecule has 8 N–H and O–H groups in total. The molecule has 0 aliphatic carbocycles. The minimum atomic E-state index is -5.74. The van der Waals surface area contributed by atoms with Gasteiger partial charge in [-0.1, -0.05) is 0 Å². The number of nitrogen functional groups attached to an aromatic ring is 1. The Morgan fingerprint density at radius 3 is 2.33 bits per heavy atom. The lowest BCUT2D eigenvalue weighted by Crippen LogP contribution is -2.44. The zero-order chi connectivity index (χ0) is 23.1. The van der Waals surface area contributed by atoms with E-state index in [1.807, 2.05) is 0 Å². The first-order valence-electron chi connectivity index (χ1n) is 7.62. The molecule has 172 valence electrons. The minimum absolute atomic E-state index is 0.125. The number of nitrogens with two attached hydrogens (primary N) is 1. The molecule has 0 saturated carbocycles. The molecule has 20 heteroatoms. The molecule has 0 spiro atoms. The molecule has 0 aromatic carbocycles. The van der Waals surface area contributed by atoms with E-state index in [4.69, 9.17) is 25.2 Å². The Hall–Kier alpha value is -1.03. The molecule has 1 saturated heterocycles. The van der Waals surface area contributed by atoms with Crippen LogP contribution in [0.3, 0.4) is 0 Å². The highest BCUT2D eigenvalue weighted by Gasteiger charge is 2.54. The summed E-state index contributed by atoms with van der Waals surface area (Å²) in [6.07, 6.45) is -3.96. The summed E-state index contributed by atoms with van der Waals surface area (Å²) in [5.41, 5.74) is 2.45. The lowest BCUT2D eigenvalue weighted by Gasteiger charge is -2.28. The molecule has 5 unspecified atom stereocenters. The van der Waals surface area contributed by atoms with Gasteiger partial charge in [0.1, 0.15) is 23.6 Å². The van der Waals surface area contributed by atoms with E-state index in [2.05, 4.69) is 18.1 Å². The van der Waals surface area contributed by atoms with Gasteiger partial charge in [0.15, 0.2) is 6.23 Å². The van der Waals surface area contributed by atoms with Crippen molar-refractivity contribution in [3.63, 3.8) is 0 Å². The fraction of sp³-hybridized carbons (Fsp3) is 0.600. The van der Waals surface area contributed by atoms with Crippen molar-refractivity contribution in [1.82, 2.24) is 9.55 Å². The van der Waals surface area contributed by atoms with Gasteiger partial charge < -0.3 is 40.3 Å². The van der Waals surface area contributed by atoms with Crippen molar-refractivity contribution in [1.29, 1.82) is 0 Å². The van der Waals surface area contributed by atoms with Gasteiger partial charge in [0.25, 0.3) is 0 Å². The molecular weight excluding hydrogens is 479 g/mol. The molecule has 0 radical (unpaired) electrons. The third-order valence-corrected chi connectivity index (χ3v) is 7.47. The van der Waals surface area contributed by atoms with Gasteiger partial charge in [-0.3, -0.25) is 9.09 Å². The predicted molar refractivity (Wildman–Crippen MR) is 93.3 cm³/mol. The normalized spacial score (nSPS) is 31.2. The first kappa shape index (κ1) is 25.2. The van der Waals surface area contributed by atoms with Gasteiger partial charge in [-0.05, 0) is 13.0 Å². The smallest absolute Gasteiger partial charge is 0.387 e. The molecule has 2 heterocycles. The molecule has 1 fully saturated rings. The van der Waals surface area contributed by atoms with Crippen molar-refractivity contribution >= 4 is 29.3 Å². The first-order valence-corrected chi connectivity index (χ1v) is 12.1. The Kier molecular flexibility index (Phi) is 7.14. The Balaban J connectivity index is 2.14. The summed E-state index contributed by atoms with van der Waals surface area (Å²) in [6, 6.07) is 1.20. The third-order valence-electron chi connectivity index (χ3n) is 3.69. The summed E-state index contributed by atoms with van der Waals surface area (Å²) < 4.78 is 51.4. The van der Waals surface area contributed by atoms with E-state index in [0.29, 0.717) is 0 Å². The van der Waals surface area contributed by atoms with Crippen LogP contribution in [0.4, 0.5) is 5.82 Å². The molecule has 2 rings (SSSR count). The fourth-order valence-electron chi connectivity index (χ4n) is 2.41. The monoisotopic (exact) mass is 497 g/mol. The van der Waals surface area contributed by atoms with Crippen LogP contribution in [-0.4, -0.2) is 63.8 Å². The number of rotatable bonds is 8. The summed E-state index contributed by atoms with van der Waals surface area (Å²) in [4.78, 5) is 50.9. The molecule has 1 aliphatic rings. The minimum Gasteiger partial charge on any atom is -0.387 e. The lowest BCUT2D eigenvalue weighted by atomic mass is 9.99. The predicted octanol–water partition coefficient (Wildman–Crippen LogP) is -1.82. The molecule has 1 aliphatic heterocycles. The standard InChI is InChI=1S/C10H18N3O14P3/c1-10(4-24-29(20,21)27-30(22,23)26-28(17,18)19)7(15)6(14)8(25-10)13-3-2-5(11)12-9(13)16/h2-3,6-8,14-15H,4H2,1H3,(H,20,21)(H,22,23)(H2,11,12,16)(H2,17,18,19)/t6?,7?,8?,10-/m1/s1. The van der Waals surface area contributed by atoms with Gasteiger partial charge in [-0.25, -0.2) is 18.5 Å². The summed E-state index contributed by atoms with van der Waals surface area (Å²) >= 11 is 0. The number of hydrogen-bond donors (Lipinski definition) is 7. The van der Waals surface area contributed by atoms with Gasteiger partial charge in [-0.15, -0.1) is 0 Å². The SMILES string of the molecule is C[C@]1(COP(=O)(O)OP(=O)(O)OP(=O)(O)O)OC(n2ccc(N)nc2=O)C(O)C1O. The van der Waals surface area contributed by atoms with Crippen molar-refractivity contribution in [3.8, 4) is 0 Å². The molecule has 1 aromatic rings. The van der Waals surface area contributed by atoms with Crippen LogP contribution in [0.5, 0.6) is 0 Å². The Morgan fingerprint density at radius 1 is 1.20 bits per heavy atom. The second kappa shape index (κ2) is 8.48. The average Bonchev–Trinajstić information content (AvgIpc) is 2.75. The Labute approximate surface area is 167 Å². The number of nitrogens with zero attached hydrogens (tertiary/aromatic N) is 2. The maximum Gasteiger partial charge on any atom is 0.490 e. The molecular formula is C10H18N3O14P3. The van der Waals surface area contributed by atoms with Crippen molar-refractivity contribution in [3.05, 3.63) is 22.7 Å². The number of aliphatic hydroxyl groups is 2. The largest absolute Gasteiger partial charge is 0.490 e. The molecule has 0 bridgehead atoms. The fourth-order valence-corrected chi connectivity index (χ4v) is 5.52. The highest BCUT2D eigenvalue weighted by Crippen LogP contribution is 2.66. The van der Waals surface area contributed by atoms with Gasteiger partial charge in [0.2, 0.25) is 0 Å². The lowest BCUT2D eigenvalue weighted by molar-refractivity contribution is -0.115. The van der Waals surface area contributed by atoms with Gasteiger partial charge >= 0.3 is 29.2 Å². The Morgan fingerprint density at radius 2 is 1.80 bits per heavy atom. The van der Waals surface area contributed by atoms with E-state index in [0.717, 1.165) is 17.7 Å². The van der Waals surface area contributed by atoms with E-state index in [-0.39, 0.29) is 5.82 Å². The van der Waals surface area contributed by atoms with Gasteiger partial charge in [0, 0.05) is 6.20 Å². The van der Waals surface area contributed by atoms with Gasteiger partial charge in [-0.2, -0.15) is 13.6 Å². The molecule has 6 atom stereocenters. The maximum absolute atomic E-state index is 11.9. The number of phosphoric ester groups is 1. The van der Waals surface area contributed by atoms with Crippen LogP contribution in [0.1, 0.15) is 13.2 Å². The Bertz CT molecular complexity index is 994. The zero-order valence-electron chi connectivity index (χ0n) is 14.9. The second-order valence-electron chi connectivity index (χ2n) is 6.16. The van der Waals surface area contributed by atoms with Gasteiger partial charge in [0.05, 0.1) is 6.61 Å². The van der Waals surface area contributed by atoms with Crippen molar-refractivity contribution in [2.24, 2.45) is 0 Å². The van der Waals surface area contributed by atoms with Crippen LogP contribution in [0.2, 0.25) is 0 Å². The summed E-state index contributed by atoms with van der Waals surface area (Å²) in [7, 11) is -16.8. The highest BCUT2D eigenvalue weighted by molar-refractivity contribution is 7.66. The summed E-state index contributed by atoms with van der Waals surface area (Å²) in [5.74, 6) is -0.125. The first-order chi connectivity index (χ1) is 13.4. The summed E-state index contributed by atoms with van der Waals surface area (Å²) in [5, 5.41) is 20.4. The van der Waals surface area contributed by atoms with Crippen LogP contribution in [-0.2, 0) is 31.6 Å². The van der Waals surface area contributed by atoms with E-state index < -0.39 is 59.8 Å². The number of aliphatic hydroxyl groups excluding tert-OH is 2. The molecule has 30 heavy (non-hydrogen) atoms. The van der Waals surface area contributed by atoms with E-state index in [1.165, 1.54) is 6.07 Å². The average molecular weight is 497 g/mol. The van der Waals surface area contributed by atoms with Crippen LogP contribution in [0.25, 0.3) is 0 Å². The van der Waals surface area contributed by atoms with Crippen molar-refractivity contribution in [2.45, 2.75) is 31.0 Å². The topological polar surface area (TPSA) is 270 Å².